The van der Waals surface area contributed by atoms with Gasteiger partial charge in [-0.1, -0.05) is 19.8 Å². The molecule has 126 valence electrons. The molecule has 2 nitrogen and oxygen atoms in total. The largest absolute Gasteiger partial charge is 0.377 e. The number of rotatable bonds is 0. The monoisotopic (exact) mass is 314 g/mol. The van der Waals surface area contributed by atoms with Crippen LogP contribution in [0.25, 0.3) is 0 Å². The number of hydrogen-bond donors (Lipinski definition) is 1. The van der Waals surface area contributed by atoms with E-state index in [1.54, 1.807) is 0 Å². The average molecular weight is 314 g/mol. The van der Waals surface area contributed by atoms with Crippen molar-refractivity contribution >= 4 is 5.78 Å². The van der Waals surface area contributed by atoms with Crippen molar-refractivity contribution in [1.29, 1.82) is 0 Å². The molecule has 0 radical (unpaired) electrons. The molecule has 4 fully saturated rings. The van der Waals surface area contributed by atoms with Crippen LogP contribution in [0.2, 0.25) is 0 Å². The summed E-state index contributed by atoms with van der Waals surface area (Å²) in [7, 11) is 0. The van der Waals surface area contributed by atoms with E-state index in [2.05, 4.69) is 19.8 Å². The maximum atomic E-state index is 11.9. The van der Waals surface area contributed by atoms with Crippen molar-refractivity contribution in [3.05, 3.63) is 0 Å². The molecule has 4 aliphatic rings. The van der Waals surface area contributed by atoms with Gasteiger partial charge in [0.15, 0.2) is 0 Å². The van der Waals surface area contributed by atoms with E-state index in [0.29, 0.717) is 29.0 Å². The molecule has 0 aromatic heterocycles. The Morgan fingerprint density at radius 1 is 1.09 bits per heavy atom. The van der Waals surface area contributed by atoms with E-state index in [0.717, 1.165) is 44.4 Å². The van der Waals surface area contributed by atoms with E-state index >= 15 is 0 Å². The Hall–Kier alpha value is -0.810. The minimum atomic E-state index is -0.900. The summed E-state index contributed by atoms with van der Waals surface area (Å²) in [6, 6.07) is 0. The quantitative estimate of drug-likeness (QED) is 0.687. The molecule has 0 spiro atoms. The van der Waals surface area contributed by atoms with Crippen LogP contribution >= 0.6 is 0 Å². The molecule has 1 N–H and O–H groups in total. The van der Waals surface area contributed by atoms with Gasteiger partial charge >= 0.3 is 0 Å². The molecule has 7 atom stereocenters. The second-order valence-electron chi connectivity index (χ2n) is 9.40. The van der Waals surface area contributed by atoms with Crippen molar-refractivity contribution in [2.24, 2.45) is 34.5 Å². The Morgan fingerprint density at radius 2 is 1.83 bits per heavy atom. The average Bonchev–Trinajstić information content (AvgIpc) is 2.80. The molecule has 4 saturated carbocycles. The summed E-state index contributed by atoms with van der Waals surface area (Å²) in [5.74, 6) is 5.83. The Morgan fingerprint density at radius 3 is 2.57 bits per heavy atom. The molecule has 0 amide bonds. The molecule has 0 saturated heterocycles. The van der Waals surface area contributed by atoms with Gasteiger partial charge in [-0.05, 0) is 74.0 Å². The molecule has 1 unspecified atom stereocenters. The Bertz CT molecular complexity index is 575. The second-order valence-corrected chi connectivity index (χ2v) is 9.40. The predicted molar refractivity (Wildman–Crippen MR) is 90.5 cm³/mol. The van der Waals surface area contributed by atoms with Gasteiger partial charge in [0.05, 0.1) is 0 Å². The number of carbonyl (C=O) groups excluding carboxylic acids is 1. The molecule has 0 aromatic rings. The fraction of sp³-hybridized carbons (Fsp3) is 0.857. The first-order valence-corrected chi connectivity index (χ1v) is 9.56. The van der Waals surface area contributed by atoms with E-state index in [-0.39, 0.29) is 5.41 Å². The lowest BCUT2D eigenvalue weighted by molar-refractivity contribution is -0.147. The van der Waals surface area contributed by atoms with Gasteiger partial charge in [-0.15, -0.1) is 6.42 Å². The summed E-state index contributed by atoms with van der Waals surface area (Å²) in [4.78, 5) is 11.9. The van der Waals surface area contributed by atoms with Crippen LogP contribution in [-0.2, 0) is 4.79 Å². The van der Waals surface area contributed by atoms with Crippen molar-refractivity contribution in [2.45, 2.75) is 77.2 Å². The topological polar surface area (TPSA) is 37.3 Å². The molecule has 0 heterocycles. The maximum absolute atomic E-state index is 11.9. The highest BCUT2D eigenvalue weighted by Crippen LogP contribution is 2.67. The zero-order valence-electron chi connectivity index (χ0n) is 14.6. The smallest absolute Gasteiger partial charge is 0.133 e. The zero-order valence-corrected chi connectivity index (χ0v) is 14.6. The van der Waals surface area contributed by atoms with Crippen molar-refractivity contribution in [2.75, 3.05) is 0 Å². The summed E-state index contributed by atoms with van der Waals surface area (Å²) >= 11 is 0. The van der Waals surface area contributed by atoms with E-state index in [9.17, 15) is 9.90 Å². The van der Waals surface area contributed by atoms with Gasteiger partial charge in [-0.25, -0.2) is 0 Å². The first-order chi connectivity index (χ1) is 10.8. The number of ketones is 1. The van der Waals surface area contributed by atoms with Crippen molar-refractivity contribution in [3.63, 3.8) is 0 Å². The molecule has 0 aromatic carbocycles. The van der Waals surface area contributed by atoms with Crippen LogP contribution in [0.15, 0.2) is 0 Å². The van der Waals surface area contributed by atoms with Crippen LogP contribution in [-0.4, -0.2) is 16.5 Å². The van der Waals surface area contributed by atoms with Crippen LogP contribution < -0.4 is 0 Å². The van der Waals surface area contributed by atoms with E-state index in [1.165, 1.54) is 19.3 Å². The molecule has 0 aliphatic heterocycles. The third-order valence-corrected chi connectivity index (χ3v) is 8.87. The summed E-state index contributed by atoms with van der Waals surface area (Å²) in [5.41, 5.74) is -0.658. The summed E-state index contributed by atoms with van der Waals surface area (Å²) in [5, 5.41) is 11.0. The lowest BCUT2D eigenvalue weighted by Gasteiger charge is -2.60. The van der Waals surface area contributed by atoms with Gasteiger partial charge in [0, 0.05) is 18.3 Å². The van der Waals surface area contributed by atoms with Crippen LogP contribution in [0.5, 0.6) is 0 Å². The normalized spacial score (nSPS) is 55.5. The highest BCUT2D eigenvalue weighted by Gasteiger charge is 2.64. The molecule has 23 heavy (non-hydrogen) atoms. The number of Topliss-reactive ketones (excluding diaryl/α,β-unsaturated/α-hetero) is 1. The minimum Gasteiger partial charge on any atom is -0.377 e. The number of hydrogen-bond acceptors (Lipinski definition) is 2. The predicted octanol–water partition coefficient (Wildman–Crippen LogP) is 3.96. The molecule has 2 heteroatoms. The number of terminal acetylenes is 1. The fourth-order valence-electron chi connectivity index (χ4n) is 7.30. The third kappa shape index (κ3) is 1.89. The van der Waals surface area contributed by atoms with Crippen LogP contribution in [0.3, 0.4) is 0 Å². The zero-order chi connectivity index (χ0) is 16.5. The molecular formula is C21H30O2. The number of carbonyl (C=O) groups is 1. The Labute approximate surface area is 140 Å². The SMILES string of the molecule is C#C[C@]1(O)CC[C@@H]2[C@@H]3CC[C@H]4CC(=O)CC[C@]4(C)C3CC[C@@]21C. The van der Waals surface area contributed by atoms with Crippen molar-refractivity contribution in [1.82, 2.24) is 0 Å². The number of fused-ring (bicyclic) bond motifs is 5. The van der Waals surface area contributed by atoms with Crippen LogP contribution in [0, 0.1) is 46.8 Å². The van der Waals surface area contributed by atoms with E-state index in [4.69, 9.17) is 6.42 Å². The highest BCUT2D eigenvalue weighted by molar-refractivity contribution is 5.79. The summed E-state index contributed by atoms with van der Waals surface area (Å²) in [6.07, 6.45) is 14.9. The third-order valence-electron chi connectivity index (χ3n) is 8.87. The summed E-state index contributed by atoms with van der Waals surface area (Å²) < 4.78 is 0. The van der Waals surface area contributed by atoms with E-state index < -0.39 is 5.60 Å². The fourth-order valence-corrected chi connectivity index (χ4v) is 7.30. The number of aliphatic hydroxyl groups is 1. The van der Waals surface area contributed by atoms with Gasteiger partial charge in [0.2, 0.25) is 0 Å². The van der Waals surface area contributed by atoms with Gasteiger partial charge < -0.3 is 5.11 Å². The molecular weight excluding hydrogens is 284 g/mol. The first kappa shape index (κ1) is 15.7. The maximum Gasteiger partial charge on any atom is 0.133 e. The van der Waals surface area contributed by atoms with Crippen molar-refractivity contribution in [3.8, 4) is 12.3 Å². The molecule has 4 rings (SSSR count). The first-order valence-electron chi connectivity index (χ1n) is 9.56. The lowest BCUT2D eigenvalue weighted by Crippen LogP contribution is -2.56. The van der Waals surface area contributed by atoms with E-state index in [1.807, 2.05) is 0 Å². The van der Waals surface area contributed by atoms with Crippen LogP contribution in [0.1, 0.15) is 71.6 Å². The van der Waals surface area contributed by atoms with Gasteiger partial charge in [0.1, 0.15) is 11.4 Å². The van der Waals surface area contributed by atoms with Gasteiger partial charge in [-0.2, -0.15) is 0 Å². The van der Waals surface area contributed by atoms with Crippen molar-refractivity contribution < 1.29 is 9.90 Å². The molecule has 4 aliphatic carbocycles. The standard InChI is InChI=1S/C21H30O2/c1-4-21(23)12-9-18-16-6-5-14-13-15(22)7-10-19(14,2)17(16)8-11-20(18,21)3/h1,14,16-18,23H,5-13H2,2-3H3/t14-,16+,17?,18+,19-,20-,21-/m0/s1. The minimum absolute atomic E-state index is 0.101. The van der Waals surface area contributed by atoms with Gasteiger partial charge in [-0.3, -0.25) is 4.79 Å². The Balaban J connectivity index is 1.66. The second kappa shape index (κ2) is 4.85. The summed E-state index contributed by atoms with van der Waals surface area (Å²) in [6.45, 7) is 4.71. The highest BCUT2D eigenvalue weighted by atomic mass is 16.3. The lowest BCUT2D eigenvalue weighted by atomic mass is 9.44. The van der Waals surface area contributed by atoms with Gasteiger partial charge in [0.25, 0.3) is 0 Å². The van der Waals surface area contributed by atoms with Crippen LogP contribution in [0.4, 0.5) is 0 Å². The Kier molecular flexibility index (Phi) is 3.31. The molecule has 0 bridgehead atoms.